The molecule has 0 saturated carbocycles. The van der Waals surface area contributed by atoms with Crippen molar-refractivity contribution in [2.45, 2.75) is 5.51 Å². The maximum absolute atomic E-state index is 10.7. The molecule has 0 amide bonds. The summed E-state index contributed by atoms with van der Waals surface area (Å²) in [7, 11) is -4.50. The van der Waals surface area contributed by atoms with E-state index in [0.29, 0.717) is 5.69 Å². The lowest BCUT2D eigenvalue weighted by Gasteiger charge is -2.08. The van der Waals surface area contributed by atoms with Crippen LogP contribution in [0.25, 0.3) is 4.98 Å². The first-order valence-electron chi connectivity index (χ1n) is 4.13. The second kappa shape index (κ2) is 6.18. The van der Waals surface area contributed by atoms with Crippen molar-refractivity contribution in [2.75, 3.05) is 7.11 Å². The highest BCUT2D eigenvalue weighted by molar-refractivity contribution is 7.86. The molecule has 0 unspecified atom stereocenters. The smallest absolute Gasteiger partial charge is 0.485 e. The minimum atomic E-state index is -6.09. The SMILES string of the molecule is COc1ccc([N+]#N)cc1.O=S(=O)([O-])C(F)(F)F. The third kappa shape index (κ3) is 5.46. The number of rotatable bonds is 1. The molecule has 0 heterocycles. The van der Waals surface area contributed by atoms with Gasteiger partial charge in [0.05, 0.1) is 7.11 Å². The van der Waals surface area contributed by atoms with Crippen LogP contribution < -0.4 is 4.74 Å². The number of hydrogen-bond donors (Lipinski definition) is 0. The van der Waals surface area contributed by atoms with Crippen LogP contribution in [0.4, 0.5) is 18.9 Å². The number of nitrogens with zero attached hydrogens (tertiary/aromatic N) is 2. The molecule has 1 rings (SSSR count). The number of hydrogen-bond acceptors (Lipinski definition) is 5. The molecule has 0 bridgehead atoms. The van der Waals surface area contributed by atoms with E-state index in [1.165, 1.54) is 0 Å². The van der Waals surface area contributed by atoms with Crippen molar-refractivity contribution in [3.63, 3.8) is 0 Å². The molecule has 100 valence electrons. The fourth-order valence-electron chi connectivity index (χ4n) is 0.649. The summed E-state index contributed by atoms with van der Waals surface area (Å²) in [5.41, 5.74) is -5.12. The first-order chi connectivity index (χ1) is 8.11. The van der Waals surface area contributed by atoms with Crippen molar-refractivity contribution >= 4 is 15.8 Å². The fourth-order valence-corrected chi connectivity index (χ4v) is 0.649. The molecule has 0 saturated heterocycles. The summed E-state index contributed by atoms with van der Waals surface area (Å²) < 4.78 is 63.8. The molecule has 0 aliphatic carbocycles. The lowest BCUT2D eigenvalue weighted by molar-refractivity contribution is -0.0517. The lowest BCUT2D eigenvalue weighted by atomic mass is 10.3. The number of diazo groups is 1. The monoisotopic (exact) mass is 284 g/mol. The summed E-state index contributed by atoms with van der Waals surface area (Å²) in [6.07, 6.45) is 0. The normalized spacial score (nSPS) is 10.9. The van der Waals surface area contributed by atoms with E-state index < -0.39 is 15.6 Å². The van der Waals surface area contributed by atoms with E-state index in [1.54, 1.807) is 31.4 Å². The first kappa shape index (κ1) is 16.1. The molecule has 6 nitrogen and oxygen atoms in total. The largest absolute Gasteiger partial charge is 0.741 e. The molecule has 0 fully saturated rings. The van der Waals surface area contributed by atoms with Crippen LogP contribution in [-0.2, 0) is 10.1 Å². The molecule has 18 heavy (non-hydrogen) atoms. The topological polar surface area (TPSA) is 94.6 Å². The predicted octanol–water partition coefficient (Wildman–Crippen LogP) is 2.23. The van der Waals surface area contributed by atoms with Crippen LogP contribution in [0.2, 0.25) is 0 Å². The summed E-state index contributed by atoms with van der Waals surface area (Å²) in [5.74, 6) is 0.757. The predicted molar refractivity (Wildman–Crippen MR) is 53.5 cm³/mol. The maximum Gasteiger partial charge on any atom is 0.485 e. The zero-order chi connectivity index (χ0) is 14.4. The summed E-state index contributed by atoms with van der Waals surface area (Å²) in [6, 6.07) is 6.79. The van der Waals surface area contributed by atoms with Gasteiger partial charge in [0.25, 0.3) is 0 Å². The van der Waals surface area contributed by atoms with Crippen molar-refractivity contribution < 1.29 is 30.9 Å². The molecule has 0 radical (unpaired) electrons. The molecule has 0 aliphatic heterocycles. The van der Waals surface area contributed by atoms with Crippen molar-refractivity contribution in [3.05, 3.63) is 29.2 Å². The van der Waals surface area contributed by atoms with Crippen LogP contribution >= 0.6 is 0 Å². The van der Waals surface area contributed by atoms with Gasteiger partial charge in [-0.3, -0.25) is 0 Å². The number of alkyl halides is 3. The van der Waals surface area contributed by atoms with Crippen molar-refractivity contribution in [1.82, 2.24) is 0 Å². The highest BCUT2D eigenvalue weighted by Gasteiger charge is 2.36. The average Bonchev–Trinajstić information content (AvgIpc) is 2.27. The number of ether oxygens (including phenoxy) is 1. The van der Waals surface area contributed by atoms with Crippen molar-refractivity contribution in [3.8, 4) is 5.75 Å². The minimum Gasteiger partial charge on any atom is -0.741 e. The average molecular weight is 284 g/mol. The summed E-state index contributed by atoms with van der Waals surface area (Å²) in [5, 5.41) is 8.29. The summed E-state index contributed by atoms with van der Waals surface area (Å²) in [6.45, 7) is 0. The zero-order valence-corrected chi connectivity index (χ0v) is 9.70. The molecule has 10 heteroatoms. The highest BCUT2D eigenvalue weighted by Crippen LogP contribution is 2.20. The second-order valence-corrected chi connectivity index (χ2v) is 4.07. The van der Waals surface area contributed by atoms with Gasteiger partial charge in [-0.25, -0.2) is 8.42 Å². The second-order valence-electron chi connectivity index (χ2n) is 2.70. The van der Waals surface area contributed by atoms with Crippen LogP contribution in [0, 0.1) is 5.39 Å². The Morgan fingerprint density at radius 1 is 1.28 bits per heavy atom. The van der Waals surface area contributed by atoms with Crippen molar-refractivity contribution in [1.29, 1.82) is 5.39 Å². The van der Waals surface area contributed by atoms with Gasteiger partial charge >= 0.3 is 11.2 Å². The van der Waals surface area contributed by atoms with Gasteiger partial charge in [0.15, 0.2) is 15.1 Å². The molecule has 0 aromatic heterocycles. The minimum absolute atomic E-state index is 0.529. The number of halogens is 3. The number of benzene rings is 1. The fraction of sp³-hybridized carbons (Fsp3) is 0.250. The van der Waals surface area contributed by atoms with E-state index in [2.05, 4.69) is 4.98 Å². The highest BCUT2D eigenvalue weighted by atomic mass is 32.2. The van der Waals surface area contributed by atoms with E-state index in [9.17, 15) is 13.2 Å². The van der Waals surface area contributed by atoms with Gasteiger partial charge in [-0.1, -0.05) is 0 Å². The molecule has 1 aromatic rings. The van der Waals surface area contributed by atoms with Crippen molar-refractivity contribution in [2.24, 2.45) is 0 Å². The zero-order valence-electron chi connectivity index (χ0n) is 8.88. The molecule has 1 aromatic carbocycles. The molecule has 0 aliphatic rings. The van der Waals surface area contributed by atoms with E-state index in [-0.39, 0.29) is 0 Å². The Hall–Kier alpha value is -1.86. The van der Waals surface area contributed by atoms with Gasteiger partial charge in [-0.2, -0.15) is 13.2 Å². The standard InChI is InChI=1S/C7H7N2O.CHF3O3S/c1-10-7-4-2-6(9-8)3-5-7;2-1(3,4)8(5,6)7/h2-5H,1H3;(H,5,6,7)/q+1;/p-1. The van der Waals surface area contributed by atoms with Gasteiger partial charge in [0.2, 0.25) is 5.39 Å². The van der Waals surface area contributed by atoms with Crippen LogP contribution in [0.15, 0.2) is 24.3 Å². The Morgan fingerprint density at radius 3 is 1.89 bits per heavy atom. The Balaban J connectivity index is 0.000000331. The summed E-state index contributed by atoms with van der Waals surface area (Å²) >= 11 is 0. The molecule has 0 N–H and O–H groups in total. The van der Waals surface area contributed by atoms with Gasteiger partial charge in [0, 0.05) is 12.1 Å². The molecule has 0 atom stereocenters. The third-order valence-corrected chi connectivity index (χ3v) is 2.04. The van der Waals surface area contributed by atoms with Gasteiger partial charge < -0.3 is 9.29 Å². The van der Waals surface area contributed by atoms with Crippen LogP contribution in [0.5, 0.6) is 5.75 Å². The molecular weight excluding hydrogens is 277 g/mol. The Bertz CT molecular complexity index is 519. The van der Waals surface area contributed by atoms with Gasteiger partial charge in [-0.15, -0.1) is 0 Å². The quantitative estimate of drug-likeness (QED) is 0.447. The van der Waals surface area contributed by atoms with E-state index in [0.717, 1.165) is 5.75 Å². The third-order valence-electron chi connectivity index (χ3n) is 1.47. The molecular formula is C8H7F3N2O4S. The Kier molecular flexibility index (Phi) is 5.54. The summed E-state index contributed by atoms with van der Waals surface area (Å²) in [4.78, 5) is 2.99. The molecule has 0 spiro atoms. The van der Waals surface area contributed by atoms with E-state index in [1.807, 2.05) is 0 Å². The van der Waals surface area contributed by atoms with E-state index >= 15 is 0 Å². The first-order valence-corrected chi connectivity index (χ1v) is 5.54. The maximum atomic E-state index is 10.7. The van der Waals surface area contributed by atoms with Gasteiger partial charge in [-0.05, 0) is 12.1 Å². The Labute approximate surface area is 100 Å². The number of methoxy groups -OCH3 is 1. The van der Waals surface area contributed by atoms with Crippen LogP contribution in [-0.4, -0.2) is 25.6 Å². The lowest BCUT2D eigenvalue weighted by Crippen LogP contribution is -2.21. The Morgan fingerprint density at radius 2 is 1.67 bits per heavy atom. The van der Waals surface area contributed by atoms with Crippen LogP contribution in [0.1, 0.15) is 0 Å². The van der Waals surface area contributed by atoms with Crippen LogP contribution in [0.3, 0.4) is 0 Å². The van der Waals surface area contributed by atoms with Gasteiger partial charge in [0.1, 0.15) is 5.75 Å². The van der Waals surface area contributed by atoms with E-state index in [4.69, 9.17) is 23.1 Å².